The van der Waals surface area contributed by atoms with Gasteiger partial charge in [-0.1, -0.05) is 27.7 Å². The van der Waals surface area contributed by atoms with Crippen LogP contribution < -0.4 is 0 Å². The molecule has 0 unspecified atom stereocenters. The molecule has 0 aromatic heterocycles. The van der Waals surface area contributed by atoms with E-state index in [2.05, 4.69) is 20.8 Å². The third kappa shape index (κ3) is 7.05. The Morgan fingerprint density at radius 3 is 2.00 bits per heavy atom. The van der Waals surface area contributed by atoms with E-state index in [0.29, 0.717) is 6.42 Å². The second kappa shape index (κ2) is 9.45. The van der Waals surface area contributed by atoms with Crippen LogP contribution in [-0.2, 0) is 18.8 Å². The highest BCUT2D eigenvalue weighted by Crippen LogP contribution is 2.26. The Labute approximate surface area is 137 Å². The summed E-state index contributed by atoms with van der Waals surface area (Å²) in [5.41, 5.74) is -0.518. The van der Waals surface area contributed by atoms with Crippen LogP contribution in [0.2, 0.25) is 18.1 Å². The minimum absolute atomic E-state index is 0.0874. The van der Waals surface area contributed by atoms with Crippen LogP contribution in [0.15, 0.2) is 0 Å². The van der Waals surface area contributed by atoms with Crippen LogP contribution >= 0.6 is 0 Å². The maximum absolute atomic E-state index is 12.0. The monoisotopic (exact) mass is 330 g/mol. The summed E-state index contributed by atoms with van der Waals surface area (Å²) < 4.78 is 11.9. The van der Waals surface area contributed by atoms with Crippen molar-refractivity contribution in [2.45, 2.75) is 79.1 Å². The first-order valence-corrected chi connectivity index (χ1v) is 11.0. The maximum atomic E-state index is 12.0. The molecule has 0 amide bonds. The number of hydrogen-bond donors (Lipinski definition) is 0. The number of ether oxygens (including phenoxy) is 1. The van der Waals surface area contributed by atoms with Crippen molar-refractivity contribution in [3.8, 4) is 0 Å². The van der Waals surface area contributed by atoms with E-state index in [1.807, 2.05) is 27.7 Å². The molecule has 4 nitrogen and oxygen atoms in total. The second-order valence-electron chi connectivity index (χ2n) is 7.18. The molecule has 130 valence electrons. The molecule has 0 aromatic carbocycles. The summed E-state index contributed by atoms with van der Waals surface area (Å²) in [6, 6.07) is 3.12. The predicted octanol–water partition coefficient (Wildman–Crippen LogP) is 4.19. The van der Waals surface area contributed by atoms with Crippen molar-refractivity contribution in [3.05, 3.63) is 0 Å². The van der Waals surface area contributed by atoms with Crippen molar-refractivity contribution in [1.29, 1.82) is 0 Å². The van der Waals surface area contributed by atoms with Gasteiger partial charge in [-0.3, -0.25) is 4.79 Å². The maximum Gasteiger partial charge on any atom is 0.311 e. The fourth-order valence-corrected chi connectivity index (χ4v) is 5.23. The van der Waals surface area contributed by atoms with Crippen LogP contribution in [-0.4, -0.2) is 33.3 Å². The Balaban J connectivity index is 4.90. The fraction of sp³-hybridized carbons (Fsp3) is 0.882. The number of carbonyl (C=O) groups excluding carboxylic acids is 2. The van der Waals surface area contributed by atoms with Crippen molar-refractivity contribution in [2.24, 2.45) is 11.3 Å². The molecule has 0 saturated heterocycles. The summed E-state index contributed by atoms with van der Waals surface area (Å²) >= 11 is 0. The van der Waals surface area contributed by atoms with E-state index in [9.17, 15) is 9.59 Å². The Kier molecular flexibility index (Phi) is 9.16. The van der Waals surface area contributed by atoms with Gasteiger partial charge in [0.15, 0.2) is 8.32 Å². The average molecular weight is 331 g/mol. The zero-order chi connectivity index (χ0) is 17.4. The Morgan fingerprint density at radius 1 is 1.14 bits per heavy atom. The van der Waals surface area contributed by atoms with E-state index < -0.39 is 13.7 Å². The first-order valence-electron chi connectivity index (χ1n) is 8.44. The molecule has 0 aliphatic rings. The van der Waals surface area contributed by atoms with Crippen molar-refractivity contribution >= 4 is 20.6 Å². The SMILES string of the molecule is CC[Si](CC)(CC)O[C@H](COC(=O)C(C)(C)C)C[C@H](C)C=O. The minimum Gasteiger partial charge on any atom is -0.463 e. The van der Waals surface area contributed by atoms with E-state index in [1.54, 1.807) is 0 Å². The molecule has 0 heterocycles. The number of rotatable bonds is 10. The van der Waals surface area contributed by atoms with Crippen LogP contribution in [0.25, 0.3) is 0 Å². The summed E-state index contributed by atoms with van der Waals surface area (Å²) in [7, 11) is -1.79. The third-order valence-corrected chi connectivity index (χ3v) is 8.93. The van der Waals surface area contributed by atoms with E-state index in [0.717, 1.165) is 24.4 Å². The Hall–Kier alpha value is -0.683. The van der Waals surface area contributed by atoms with Gasteiger partial charge in [0.2, 0.25) is 0 Å². The zero-order valence-electron chi connectivity index (χ0n) is 15.4. The van der Waals surface area contributed by atoms with Gasteiger partial charge in [-0.05, 0) is 45.3 Å². The van der Waals surface area contributed by atoms with Gasteiger partial charge < -0.3 is 14.0 Å². The number of carbonyl (C=O) groups is 2. The first kappa shape index (κ1) is 21.3. The largest absolute Gasteiger partial charge is 0.463 e. The number of esters is 1. The van der Waals surface area contributed by atoms with Crippen molar-refractivity contribution in [3.63, 3.8) is 0 Å². The highest BCUT2D eigenvalue weighted by Gasteiger charge is 2.33. The standard InChI is InChI=1S/C17H34O4Si/c1-8-22(9-2,10-3)21-15(11-14(4)12-18)13-20-16(19)17(5,6)7/h12,14-15H,8-11,13H2,1-7H3/t14-,15-/m0/s1. The lowest BCUT2D eigenvalue weighted by atomic mass is 9.97. The highest BCUT2D eigenvalue weighted by atomic mass is 28.4. The molecule has 0 saturated carbocycles. The third-order valence-electron chi connectivity index (χ3n) is 4.23. The van der Waals surface area contributed by atoms with Gasteiger partial charge in [0, 0.05) is 5.92 Å². The highest BCUT2D eigenvalue weighted by molar-refractivity contribution is 6.73. The fourth-order valence-electron chi connectivity index (χ4n) is 2.36. The van der Waals surface area contributed by atoms with Crippen LogP contribution in [0, 0.1) is 11.3 Å². The summed E-state index contributed by atoms with van der Waals surface area (Å²) in [6.45, 7) is 14.1. The van der Waals surface area contributed by atoms with Crippen LogP contribution in [0.1, 0.15) is 54.9 Å². The first-order chi connectivity index (χ1) is 10.1. The topological polar surface area (TPSA) is 52.6 Å². The van der Waals surface area contributed by atoms with E-state index >= 15 is 0 Å². The zero-order valence-corrected chi connectivity index (χ0v) is 16.4. The van der Waals surface area contributed by atoms with Crippen LogP contribution in [0.3, 0.4) is 0 Å². The molecule has 0 aromatic rings. The Morgan fingerprint density at radius 2 is 1.64 bits per heavy atom. The summed E-state index contributed by atoms with van der Waals surface area (Å²) in [5.74, 6) is -0.313. The predicted molar refractivity (Wildman–Crippen MR) is 92.3 cm³/mol. The normalized spacial score (nSPS) is 15.2. The van der Waals surface area contributed by atoms with Gasteiger partial charge in [-0.25, -0.2) is 0 Å². The van der Waals surface area contributed by atoms with E-state index in [4.69, 9.17) is 9.16 Å². The van der Waals surface area contributed by atoms with Gasteiger partial charge in [0.25, 0.3) is 0 Å². The van der Waals surface area contributed by atoms with Crippen LogP contribution in [0.5, 0.6) is 0 Å². The molecule has 0 radical (unpaired) electrons. The van der Waals surface area contributed by atoms with Gasteiger partial charge in [0.05, 0.1) is 11.5 Å². The number of aldehydes is 1. The summed E-state index contributed by atoms with van der Waals surface area (Å²) in [4.78, 5) is 22.9. The molecule has 0 fully saturated rings. The lowest BCUT2D eigenvalue weighted by molar-refractivity contribution is -0.155. The summed E-state index contributed by atoms with van der Waals surface area (Å²) in [6.07, 6.45) is 1.36. The molecule has 2 atom stereocenters. The molecule has 22 heavy (non-hydrogen) atoms. The Bertz CT molecular complexity index is 337. The molecule has 5 heteroatoms. The van der Waals surface area contributed by atoms with Gasteiger partial charge in [0.1, 0.15) is 12.9 Å². The molecule has 0 aliphatic heterocycles. The van der Waals surface area contributed by atoms with Crippen molar-refractivity contribution in [1.82, 2.24) is 0 Å². The van der Waals surface area contributed by atoms with Crippen molar-refractivity contribution in [2.75, 3.05) is 6.61 Å². The molecule has 0 spiro atoms. The van der Waals surface area contributed by atoms with Crippen LogP contribution in [0.4, 0.5) is 0 Å². The average Bonchev–Trinajstić information content (AvgIpc) is 2.48. The summed E-state index contributed by atoms with van der Waals surface area (Å²) in [5, 5.41) is 0. The molecule has 0 N–H and O–H groups in total. The second-order valence-corrected chi connectivity index (χ2v) is 11.9. The van der Waals surface area contributed by atoms with Crippen molar-refractivity contribution < 1.29 is 18.8 Å². The van der Waals surface area contributed by atoms with Gasteiger partial charge >= 0.3 is 5.97 Å². The molecule has 0 bridgehead atoms. The minimum atomic E-state index is -1.79. The van der Waals surface area contributed by atoms with Gasteiger partial charge in [-0.2, -0.15) is 0 Å². The molecular weight excluding hydrogens is 296 g/mol. The smallest absolute Gasteiger partial charge is 0.311 e. The molecule has 0 rings (SSSR count). The lowest BCUT2D eigenvalue weighted by Crippen LogP contribution is -2.42. The van der Waals surface area contributed by atoms with E-state index in [1.165, 1.54) is 0 Å². The molecule has 0 aliphatic carbocycles. The molecular formula is C17H34O4Si. The van der Waals surface area contributed by atoms with Gasteiger partial charge in [-0.15, -0.1) is 0 Å². The lowest BCUT2D eigenvalue weighted by Gasteiger charge is -2.34. The van der Waals surface area contributed by atoms with E-state index in [-0.39, 0.29) is 24.6 Å². The number of hydrogen-bond acceptors (Lipinski definition) is 4. The quantitative estimate of drug-likeness (QED) is 0.342.